The predicted molar refractivity (Wildman–Crippen MR) is 59.0 cm³/mol. The van der Waals surface area contributed by atoms with Crippen molar-refractivity contribution in [1.29, 1.82) is 0 Å². The van der Waals surface area contributed by atoms with E-state index in [4.69, 9.17) is 10.8 Å². The van der Waals surface area contributed by atoms with Gasteiger partial charge in [-0.05, 0) is 19.8 Å². The molecule has 0 spiro atoms. The Hall–Kier alpha value is -1.63. The van der Waals surface area contributed by atoms with Crippen LogP contribution in [0.2, 0.25) is 0 Å². The molecule has 2 amide bonds. The number of nitrogens with zero attached hydrogens (tertiary/aromatic N) is 1. The van der Waals surface area contributed by atoms with Crippen LogP contribution in [-0.2, 0) is 14.4 Å². The van der Waals surface area contributed by atoms with Gasteiger partial charge in [0.2, 0.25) is 11.8 Å². The fraction of sp³-hybridized carbons (Fsp3) is 0.700. The van der Waals surface area contributed by atoms with Crippen molar-refractivity contribution in [2.45, 2.75) is 31.8 Å². The fourth-order valence-electron chi connectivity index (χ4n) is 1.85. The zero-order valence-electron chi connectivity index (χ0n) is 9.68. The smallest absolute Gasteiger partial charge is 0.322 e. The molecule has 1 heterocycles. The molecule has 17 heavy (non-hydrogen) atoms. The first-order valence-corrected chi connectivity index (χ1v) is 5.49. The Morgan fingerprint density at radius 3 is 2.71 bits per heavy atom. The molecular formula is C10H17N3O4. The Bertz CT molecular complexity index is 330. The lowest BCUT2D eigenvalue weighted by Gasteiger charge is -2.25. The number of aliphatic carboxylic acids is 1. The second kappa shape index (κ2) is 5.62. The highest BCUT2D eigenvalue weighted by Crippen LogP contribution is 2.18. The largest absolute Gasteiger partial charge is 0.480 e. The Morgan fingerprint density at radius 2 is 2.18 bits per heavy atom. The highest BCUT2D eigenvalue weighted by Gasteiger charge is 2.34. The minimum absolute atomic E-state index is 0.280. The van der Waals surface area contributed by atoms with Gasteiger partial charge in [0, 0.05) is 6.54 Å². The van der Waals surface area contributed by atoms with E-state index in [0.29, 0.717) is 13.0 Å². The molecular weight excluding hydrogens is 226 g/mol. The standard InChI is InChI=1S/C10H17N3O4/c1-6(11)10(17)13-4-2-3-7(13)9(16)12-5-8(14)15/h6-7H,2-5,11H2,1H3,(H,12,16)(H,14,15)/t6-,7+/m1/s1. The summed E-state index contributed by atoms with van der Waals surface area (Å²) >= 11 is 0. The molecule has 0 aromatic carbocycles. The molecule has 1 rings (SSSR count). The minimum Gasteiger partial charge on any atom is -0.480 e. The van der Waals surface area contributed by atoms with Crippen LogP contribution in [0.15, 0.2) is 0 Å². The van der Waals surface area contributed by atoms with Gasteiger partial charge in [0.1, 0.15) is 12.6 Å². The Kier molecular flexibility index (Phi) is 4.45. The lowest BCUT2D eigenvalue weighted by Crippen LogP contribution is -2.51. The number of hydrogen-bond donors (Lipinski definition) is 3. The molecule has 1 saturated heterocycles. The average molecular weight is 243 g/mol. The highest BCUT2D eigenvalue weighted by atomic mass is 16.4. The van der Waals surface area contributed by atoms with E-state index in [1.165, 1.54) is 4.90 Å². The van der Waals surface area contributed by atoms with Crippen molar-refractivity contribution in [3.63, 3.8) is 0 Å². The molecule has 0 aromatic rings. The molecule has 4 N–H and O–H groups in total. The summed E-state index contributed by atoms with van der Waals surface area (Å²) in [6.45, 7) is 1.62. The van der Waals surface area contributed by atoms with Crippen LogP contribution in [0.5, 0.6) is 0 Å². The summed E-state index contributed by atoms with van der Waals surface area (Å²) in [7, 11) is 0. The topological polar surface area (TPSA) is 113 Å². The summed E-state index contributed by atoms with van der Waals surface area (Å²) in [5.41, 5.74) is 5.48. The third-order valence-electron chi connectivity index (χ3n) is 2.64. The van der Waals surface area contributed by atoms with Crippen LogP contribution in [0.1, 0.15) is 19.8 Å². The zero-order valence-corrected chi connectivity index (χ0v) is 9.68. The molecule has 7 heteroatoms. The molecule has 0 saturated carbocycles. The first-order valence-electron chi connectivity index (χ1n) is 5.49. The SMILES string of the molecule is C[C@@H](N)C(=O)N1CCC[C@H]1C(=O)NCC(=O)O. The number of carbonyl (C=O) groups is 3. The van der Waals surface area contributed by atoms with Crippen molar-refractivity contribution in [2.24, 2.45) is 5.73 Å². The van der Waals surface area contributed by atoms with E-state index in [9.17, 15) is 14.4 Å². The van der Waals surface area contributed by atoms with Crippen LogP contribution in [0, 0.1) is 0 Å². The van der Waals surface area contributed by atoms with Gasteiger partial charge in [-0.2, -0.15) is 0 Å². The van der Waals surface area contributed by atoms with E-state index >= 15 is 0 Å². The van der Waals surface area contributed by atoms with Gasteiger partial charge in [-0.15, -0.1) is 0 Å². The Labute approximate surface area is 98.9 Å². The van der Waals surface area contributed by atoms with E-state index in [2.05, 4.69) is 5.32 Å². The van der Waals surface area contributed by atoms with Crippen molar-refractivity contribution in [3.8, 4) is 0 Å². The van der Waals surface area contributed by atoms with Crippen LogP contribution in [0.3, 0.4) is 0 Å². The quantitative estimate of drug-likeness (QED) is 0.557. The van der Waals surface area contributed by atoms with E-state index < -0.39 is 30.5 Å². The molecule has 1 fully saturated rings. The van der Waals surface area contributed by atoms with Crippen molar-refractivity contribution in [1.82, 2.24) is 10.2 Å². The maximum Gasteiger partial charge on any atom is 0.322 e. The van der Waals surface area contributed by atoms with Crippen LogP contribution in [0.25, 0.3) is 0 Å². The van der Waals surface area contributed by atoms with Gasteiger partial charge in [-0.25, -0.2) is 0 Å². The first kappa shape index (κ1) is 13.4. The molecule has 1 aliphatic rings. The number of rotatable bonds is 4. The maximum atomic E-state index is 11.7. The molecule has 1 aliphatic heterocycles. The molecule has 96 valence electrons. The van der Waals surface area contributed by atoms with Crippen LogP contribution in [-0.4, -0.2) is 53.0 Å². The number of amides is 2. The molecule has 0 aromatic heterocycles. The molecule has 2 atom stereocenters. The third-order valence-corrected chi connectivity index (χ3v) is 2.64. The summed E-state index contributed by atoms with van der Waals surface area (Å²) in [5.74, 6) is -1.82. The second-order valence-corrected chi connectivity index (χ2v) is 4.09. The number of carbonyl (C=O) groups excluding carboxylic acids is 2. The predicted octanol–water partition coefficient (Wildman–Crippen LogP) is -1.47. The lowest BCUT2D eigenvalue weighted by molar-refractivity contribution is -0.141. The maximum absolute atomic E-state index is 11.7. The minimum atomic E-state index is -1.11. The van der Waals surface area contributed by atoms with E-state index in [1.54, 1.807) is 6.92 Å². The Morgan fingerprint density at radius 1 is 1.53 bits per heavy atom. The normalized spacial score (nSPS) is 21.1. The van der Waals surface area contributed by atoms with Crippen LogP contribution in [0.4, 0.5) is 0 Å². The highest BCUT2D eigenvalue weighted by molar-refractivity contribution is 5.91. The number of nitrogens with two attached hydrogens (primary N) is 1. The van der Waals surface area contributed by atoms with E-state index in [1.807, 2.05) is 0 Å². The number of nitrogens with one attached hydrogen (secondary N) is 1. The number of hydrogen-bond acceptors (Lipinski definition) is 4. The average Bonchev–Trinajstić information content (AvgIpc) is 2.73. The fourth-order valence-corrected chi connectivity index (χ4v) is 1.85. The zero-order chi connectivity index (χ0) is 13.0. The molecule has 0 radical (unpaired) electrons. The summed E-state index contributed by atoms with van der Waals surface area (Å²) in [6.07, 6.45) is 1.27. The van der Waals surface area contributed by atoms with Crippen LogP contribution >= 0.6 is 0 Å². The number of likely N-dealkylation sites (tertiary alicyclic amines) is 1. The van der Waals surface area contributed by atoms with Gasteiger partial charge in [0.25, 0.3) is 0 Å². The van der Waals surface area contributed by atoms with Gasteiger partial charge < -0.3 is 21.1 Å². The van der Waals surface area contributed by atoms with Crippen molar-refractivity contribution in [2.75, 3.05) is 13.1 Å². The third kappa shape index (κ3) is 3.42. The molecule has 0 bridgehead atoms. The first-order chi connectivity index (χ1) is 7.93. The van der Waals surface area contributed by atoms with Crippen molar-refractivity contribution in [3.05, 3.63) is 0 Å². The van der Waals surface area contributed by atoms with Crippen molar-refractivity contribution >= 4 is 17.8 Å². The van der Waals surface area contributed by atoms with Crippen molar-refractivity contribution < 1.29 is 19.5 Å². The van der Waals surface area contributed by atoms with Gasteiger partial charge in [0.05, 0.1) is 6.04 Å². The van der Waals surface area contributed by atoms with Gasteiger partial charge in [-0.3, -0.25) is 14.4 Å². The molecule has 0 aliphatic carbocycles. The molecule has 7 nitrogen and oxygen atoms in total. The summed E-state index contributed by atoms with van der Waals surface area (Å²) in [4.78, 5) is 35.1. The summed E-state index contributed by atoms with van der Waals surface area (Å²) in [5, 5.41) is 10.7. The van der Waals surface area contributed by atoms with Crippen LogP contribution < -0.4 is 11.1 Å². The number of carboxylic acid groups (broad SMARTS) is 1. The van der Waals surface area contributed by atoms with Gasteiger partial charge in [-0.1, -0.05) is 0 Å². The second-order valence-electron chi connectivity index (χ2n) is 4.09. The molecule has 0 unspecified atom stereocenters. The lowest BCUT2D eigenvalue weighted by atomic mass is 10.2. The van der Waals surface area contributed by atoms with E-state index in [0.717, 1.165) is 6.42 Å². The van der Waals surface area contributed by atoms with E-state index in [-0.39, 0.29) is 5.91 Å². The monoisotopic (exact) mass is 243 g/mol. The van der Waals surface area contributed by atoms with Gasteiger partial charge >= 0.3 is 5.97 Å². The van der Waals surface area contributed by atoms with Gasteiger partial charge in [0.15, 0.2) is 0 Å². The Balaban J connectivity index is 2.59. The summed E-state index contributed by atoms with van der Waals surface area (Å²) < 4.78 is 0. The number of carboxylic acids is 1. The summed E-state index contributed by atoms with van der Waals surface area (Å²) in [6, 6.07) is -1.24.